The SMILES string of the molecule is CN1CCN(c2ccc(NC(=O)/C=C/c3cscn3)cc2)CC1. The lowest BCUT2D eigenvalue weighted by molar-refractivity contribution is -0.111. The highest BCUT2D eigenvalue weighted by atomic mass is 32.1. The number of rotatable bonds is 4. The first-order valence-electron chi connectivity index (χ1n) is 7.61. The number of nitrogens with one attached hydrogen (secondary N) is 1. The molecule has 2 heterocycles. The summed E-state index contributed by atoms with van der Waals surface area (Å²) >= 11 is 1.51. The summed E-state index contributed by atoms with van der Waals surface area (Å²) in [7, 11) is 2.15. The average Bonchev–Trinajstić information content (AvgIpc) is 3.08. The van der Waals surface area contributed by atoms with Gasteiger partial charge >= 0.3 is 0 Å². The molecule has 1 aromatic carbocycles. The van der Waals surface area contributed by atoms with E-state index in [9.17, 15) is 4.79 Å². The summed E-state index contributed by atoms with van der Waals surface area (Å²) < 4.78 is 0. The highest BCUT2D eigenvalue weighted by Crippen LogP contribution is 2.19. The molecule has 0 unspecified atom stereocenters. The lowest BCUT2D eigenvalue weighted by atomic mass is 10.2. The summed E-state index contributed by atoms with van der Waals surface area (Å²) in [6.07, 6.45) is 3.22. The number of aromatic nitrogens is 1. The van der Waals surface area contributed by atoms with Gasteiger partial charge in [-0.1, -0.05) is 0 Å². The maximum Gasteiger partial charge on any atom is 0.248 e. The first-order chi connectivity index (χ1) is 11.2. The van der Waals surface area contributed by atoms with Gasteiger partial charge in [0.15, 0.2) is 0 Å². The Morgan fingerprint density at radius 1 is 1.22 bits per heavy atom. The summed E-state index contributed by atoms with van der Waals surface area (Å²) in [5, 5.41) is 4.76. The van der Waals surface area contributed by atoms with E-state index in [1.807, 2.05) is 17.5 Å². The molecule has 1 N–H and O–H groups in total. The van der Waals surface area contributed by atoms with E-state index >= 15 is 0 Å². The van der Waals surface area contributed by atoms with Gasteiger partial charge < -0.3 is 15.1 Å². The van der Waals surface area contributed by atoms with E-state index in [1.54, 1.807) is 11.6 Å². The fraction of sp³-hybridized carbons (Fsp3) is 0.294. The Morgan fingerprint density at radius 2 is 1.96 bits per heavy atom. The van der Waals surface area contributed by atoms with Crippen molar-refractivity contribution in [3.8, 4) is 0 Å². The van der Waals surface area contributed by atoms with Crippen LogP contribution in [0, 0.1) is 0 Å². The second kappa shape index (κ2) is 7.39. The molecule has 0 atom stereocenters. The van der Waals surface area contributed by atoms with Crippen LogP contribution in [0.2, 0.25) is 0 Å². The third-order valence-electron chi connectivity index (χ3n) is 3.86. The number of carbonyl (C=O) groups is 1. The second-order valence-corrected chi connectivity index (χ2v) is 6.29. The zero-order valence-electron chi connectivity index (χ0n) is 13.1. The van der Waals surface area contributed by atoms with Gasteiger partial charge in [0.25, 0.3) is 0 Å². The highest BCUT2D eigenvalue weighted by molar-refractivity contribution is 7.07. The van der Waals surface area contributed by atoms with Crippen LogP contribution in [0.15, 0.2) is 41.2 Å². The molecule has 120 valence electrons. The summed E-state index contributed by atoms with van der Waals surface area (Å²) in [4.78, 5) is 20.7. The van der Waals surface area contributed by atoms with Crippen LogP contribution in [0.25, 0.3) is 6.08 Å². The van der Waals surface area contributed by atoms with E-state index in [-0.39, 0.29) is 5.91 Å². The Bertz CT molecular complexity index is 658. The quantitative estimate of drug-likeness (QED) is 0.876. The minimum Gasteiger partial charge on any atom is -0.369 e. The minimum absolute atomic E-state index is 0.148. The van der Waals surface area contributed by atoms with Crippen LogP contribution in [-0.2, 0) is 4.79 Å². The number of thiazole rings is 1. The monoisotopic (exact) mass is 328 g/mol. The van der Waals surface area contributed by atoms with Gasteiger partial charge in [-0.2, -0.15) is 0 Å². The van der Waals surface area contributed by atoms with Gasteiger partial charge in [0.1, 0.15) is 0 Å². The molecule has 6 heteroatoms. The molecule has 1 fully saturated rings. The van der Waals surface area contributed by atoms with Crippen molar-refractivity contribution in [3.05, 3.63) is 46.9 Å². The fourth-order valence-corrected chi connectivity index (χ4v) is 2.99. The van der Waals surface area contributed by atoms with E-state index < -0.39 is 0 Å². The summed E-state index contributed by atoms with van der Waals surface area (Å²) in [5.41, 5.74) is 4.55. The number of anilines is 2. The maximum atomic E-state index is 11.9. The molecular formula is C17H20N4OS. The van der Waals surface area contributed by atoms with Gasteiger partial charge in [-0.25, -0.2) is 4.98 Å². The van der Waals surface area contributed by atoms with Crippen molar-refractivity contribution in [1.29, 1.82) is 0 Å². The molecule has 2 aromatic rings. The van der Waals surface area contributed by atoms with Crippen LogP contribution < -0.4 is 10.2 Å². The van der Waals surface area contributed by atoms with Crippen LogP contribution in [0.3, 0.4) is 0 Å². The average molecular weight is 328 g/mol. The Balaban J connectivity index is 1.56. The summed E-state index contributed by atoms with van der Waals surface area (Å²) in [6.45, 7) is 4.25. The van der Waals surface area contributed by atoms with Crippen LogP contribution in [-0.4, -0.2) is 49.0 Å². The fourth-order valence-electron chi connectivity index (χ4n) is 2.47. The molecule has 1 saturated heterocycles. The summed E-state index contributed by atoms with van der Waals surface area (Å²) in [6, 6.07) is 8.01. The van der Waals surface area contributed by atoms with Crippen molar-refractivity contribution in [2.24, 2.45) is 0 Å². The number of piperazine rings is 1. The molecule has 3 rings (SSSR count). The number of likely N-dealkylation sites (N-methyl/N-ethyl adjacent to an activating group) is 1. The van der Waals surface area contributed by atoms with Crippen molar-refractivity contribution in [2.75, 3.05) is 43.4 Å². The molecule has 0 aliphatic carbocycles. The number of nitrogens with zero attached hydrogens (tertiary/aromatic N) is 3. The topological polar surface area (TPSA) is 48.5 Å². The van der Waals surface area contributed by atoms with Crippen molar-refractivity contribution >= 4 is 34.7 Å². The zero-order chi connectivity index (χ0) is 16.1. The Kier molecular flexibility index (Phi) is 5.05. The van der Waals surface area contributed by atoms with Gasteiger partial charge in [0, 0.05) is 49.0 Å². The third kappa shape index (κ3) is 4.40. The van der Waals surface area contributed by atoms with E-state index in [0.717, 1.165) is 37.6 Å². The molecule has 1 aromatic heterocycles. The molecule has 1 aliphatic rings. The predicted octanol–water partition coefficient (Wildman–Crippen LogP) is 2.55. The normalized spacial score (nSPS) is 16.0. The number of carbonyl (C=O) groups excluding carboxylic acids is 1. The lowest BCUT2D eigenvalue weighted by Crippen LogP contribution is -2.44. The van der Waals surface area contributed by atoms with Crippen molar-refractivity contribution < 1.29 is 4.79 Å². The van der Waals surface area contributed by atoms with E-state index in [2.05, 4.69) is 39.3 Å². The molecule has 5 nitrogen and oxygen atoms in total. The molecule has 1 amide bonds. The van der Waals surface area contributed by atoms with Crippen LogP contribution in [0.4, 0.5) is 11.4 Å². The van der Waals surface area contributed by atoms with Crippen molar-refractivity contribution in [3.63, 3.8) is 0 Å². The first kappa shape index (κ1) is 15.7. The standard InChI is InChI=1S/C17H20N4OS/c1-20-8-10-21(11-9-20)16-5-2-14(3-6-16)19-17(22)7-4-15-12-23-13-18-15/h2-7,12-13H,8-11H2,1H3,(H,19,22)/b7-4+. The third-order valence-corrected chi connectivity index (χ3v) is 4.46. The largest absolute Gasteiger partial charge is 0.369 e. The molecule has 0 spiro atoms. The van der Waals surface area contributed by atoms with Gasteiger partial charge in [-0.15, -0.1) is 11.3 Å². The Labute approximate surface area is 140 Å². The van der Waals surface area contributed by atoms with Crippen molar-refractivity contribution in [2.45, 2.75) is 0 Å². The first-order valence-corrected chi connectivity index (χ1v) is 8.56. The van der Waals surface area contributed by atoms with E-state index in [4.69, 9.17) is 0 Å². The minimum atomic E-state index is -0.148. The maximum absolute atomic E-state index is 11.9. The van der Waals surface area contributed by atoms with Gasteiger partial charge in [0.05, 0.1) is 11.2 Å². The number of amides is 1. The molecule has 0 bridgehead atoms. The van der Waals surface area contributed by atoms with Crippen LogP contribution in [0.1, 0.15) is 5.69 Å². The molecule has 0 radical (unpaired) electrons. The van der Waals surface area contributed by atoms with Gasteiger partial charge in [-0.05, 0) is 37.4 Å². The van der Waals surface area contributed by atoms with Gasteiger partial charge in [0.2, 0.25) is 5.91 Å². The number of benzene rings is 1. The van der Waals surface area contributed by atoms with E-state index in [0.29, 0.717) is 0 Å². The number of hydrogen-bond donors (Lipinski definition) is 1. The molecule has 1 aliphatic heterocycles. The molecular weight excluding hydrogens is 308 g/mol. The molecule has 23 heavy (non-hydrogen) atoms. The smallest absolute Gasteiger partial charge is 0.248 e. The lowest BCUT2D eigenvalue weighted by Gasteiger charge is -2.34. The predicted molar refractivity (Wildman–Crippen MR) is 95.9 cm³/mol. The Morgan fingerprint density at radius 3 is 2.61 bits per heavy atom. The Hall–Kier alpha value is -2.18. The van der Waals surface area contributed by atoms with Crippen LogP contribution in [0.5, 0.6) is 0 Å². The number of hydrogen-bond acceptors (Lipinski definition) is 5. The summed E-state index contributed by atoms with van der Waals surface area (Å²) in [5.74, 6) is -0.148. The van der Waals surface area contributed by atoms with Crippen molar-refractivity contribution in [1.82, 2.24) is 9.88 Å². The van der Waals surface area contributed by atoms with Crippen LogP contribution >= 0.6 is 11.3 Å². The second-order valence-electron chi connectivity index (χ2n) is 5.57. The highest BCUT2D eigenvalue weighted by Gasteiger charge is 2.13. The zero-order valence-corrected chi connectivity index (χ0v) is 13.9. The van der Waals surface area contributed by atoms with E-state index in [1.165, 1.54) is 23.1 Å². The molecule has 0 saturated carbocycles. The van der Waals surface area contributed by atoms with Gasteiger partial charge in [-0.3, -0.25) is 4.79 Å².